The van der Waals surface area contributed by atoms with E-state index in [1.54, 1.807) is 4.90 Å². The number of rotatable bonds is 5. The highest BCUT2D eigenvalue weighted by molar-refractivity contribution is 5.69. The third-order valence-electron chi connectivity index (χ3n) is 3.99. The molecule has 1 aliphatic heterocycles. The fraction of sp³-hybridized carbons (Fsp3) is 0.611. The van der Waals surface area contributed by atoms with Crippen molar-refractivity contribution >= 4 is 6.09 Å². The minimum absolute atomic E-state index is 0.0309. The molecule has 23 heavy (non-hydrogen) atoms. The molecular weight excluding hydrogens is 292 g/mol. The van der Waals surface area contributed by atoms with E-state index < -0.39 is 5.60 Å². The summed E-state index contributed by atoms with van der Waals surface area (Å²) in [5.74, 6) is 0. The van der Waals surface area contributed by atoms with Crippen LogP contribution in [0.15, 0.2) is 30.3 Å². The third-order valence-corrected chi connectivity index (χ3v) is 3.99. The van der Waals surface area contributed by atoms with Gasteiger partial charge in [-0.25, -0.2) is 4.79 Å². The van der Waals surface area contributed by atoms with Gasteiger partial charge in [0.05, 0.1) is 12.6 Å². The molecule has 128 valence electrons. The maximum Gasteiger partial charge on any atom is 0.410 e. The third kappa shape index (κ3) is 5.22. The second-order valence-electron chi connectivity index (χ2n) is 7.02. The Morgan fingerprint density at radius 1 is 1.39 bits per heavy atom. The molecule has 1 aromatic carbocycles. The number of nitrogens with one attached hydrogen (secondary N) is 1. The topological polar surface area (TPSA) is 61.8 Å². The zero-order valence-electron chi connectivity index (χ0n) is 14.3. The number of hydrogen-bond acceptors (Lipinski definition) is 4. The van der Waals surface area contributed by atoms with Gasteiger partial charge in [0.25, 0.3) is 0 Å². The molecule has 0 radical (unpaired) electrons. The molecule has 2 atom stereocenters. The number of benzene rings is 1. The first-order valence-corrected chi connectivity index (χ1v) is 8.29. The lowest BCUT2D eigenvalue weighted by molar-refractivity contribution is 0.0223. The minimum atomic E-state index is -0.477. The van der Waals surface area contributed by atoms with Crippen LogP contribution in [0.25, 0.3) is 0 Å². The van der Waals surface area contributed by atoms with Crippen LogP contribution in [0, 0.1) is 0 Å². The van der Waals surface area contributed by atoms with Gasteiger partial charge in [-0.1, -0.05) is 30.3 Å². The van der Waals surface area contributed by atoms with Gasteiger partial charge in [0.1, 0.15) is 5.60 Å². The van der Waals surface area contributed by atoms with Crippen LogP contribution in [0.2, 0.25) is 0 Å². The molecule has 5 heteroatoms. The summed E-state index contributed by atoms with van der Waals surface area (Å²) >= 11 is 0. The Morgan fingerprint density at radius 3 is 2.70 bits per heavy atom. The van der Waals surface area contributed by atoms with E-state index >= 15 is 0 Å². The summed E-state index contributed by atoms with van der Waals surface area (Å²) in [7, 11) is 0. The molecule has 0 spiro atoms. The molecule has 1 unspecified atom stereocenters. The summed E-state index contributed by atoms with van der Waals surface area (Å²) in [6, 6.07) is 9.87. The summed E-state index contributed by atoms with van der Waals surface area (Å²) in [5, 5.41) is 13.0. The Kier molecular flexibility index (Phi) is 6.02. The average molecular weight is 320 g/mol. The molecule has 2 rings (SSSR count). The number of nitrogens with zero attached hydrogens (tertiary/aromatic N) is 1. The van der Waals surface area contributed by atoms with Crippen LogP contribution in [0.5, 0.6) is 0 Å². The second-order valence-corrected chi connectivity index (χ2v) is 7.02. The van der Waals surface area contributed by atoms with Crippen molar-refractivity contribution in [3.63, 3.8) is 0 Å². The van der Waals surface area contributed by atoms with Crippen molar-refractivity contribution in [3.05, 3.63) is 35.9 Å². The predicted molar refractivity (Wildman–Crippen MR) is 90.2 cm³/mol. The minimum Gasteiger partial charge on any atom is -0.444 e. The van der Waals surface area contributed by atoms with Gasteiger partial charge in [0.2, 0.25) is 0 Å². The van der Waals surface area contributed by atoms with Crippen LogP contribution in [-0.2, 0) is 4.74 Å². The highest BCUT2D eigenvalue weighted by atomic mass is 16.6. The fourth-order valence-corrected chi connectivity index (χ4v) is 2.86. The average Bonchev–Trinajstić information content (AvgIpc) is 2.96. The number of ether oxygens (including phenoxy) is 1. The second kappa shape index (κ2) is 7.79. The molecule has 0 bridgehead atoms. The molecule has 0 aliphatic carbocycles. The first-order valence-electron chi connectivity index (χ1n) is 8.29. The van der Waals surface area contributed by atoms with Crippen molar-refractivity contribution < 1.29 is 14.6 Å². The Labute approximate surface area is 138 Å². The molecule has 1 heterocycles. The number of hydrogen-bond donors (Lipinski definition) is 2. The highest BCUT2D eigenvalue weighted by Crippen LogP contribution is 2.21. The molecule has 1 fully saturated rings. The summed E-state index contributed by atoms with van der Waals surface area (Å²) in [5.41, 5.74) is 0.576. The lowest BCUT2D eigenvalue weighted by Gasteiger charge is -2.29. The van der Waals surface area contributed by atoms with Crippen molar-refractivity contribution in [2.24, 2.45) is 0 Å². The van der Waals surface area contributed by atoms with E-state index in [0.717, 1.165) is 24.9 Å². The molecule has 1 amide bonds. The van der Waals surface area contributed by atoms with Crippen LogP contribution < -0.4 is 5.32 Å². The maximum absolute atomic E-state index is 12.3. The summed E-state index contributed by atoms with van der Waals surface area (Å²) in [6.07, 6.45) is 1.70. The van der Waals surface area contributed by atoms with Crippen molar-refractivity contribution in [3.8, 4) is 0 Å². The Hall–Kier alpha value is -1.59. The fourth-order valence-electron chi connectivity index (χ4n) is 2.86. The number of aliphatic hydroxyl groups excluding tert-OH is 1. The first-order chi connectivity index (χ1) is 10.9. The molecule has 1 saturated heterocycles. The number of carbonyl (C=O) groups excluding carboxylic acids is 1. The zero-order valence-corrected chi connectivity index (χ0v) is 14.3. The zero-order chi connectivity index (χ0) is 16.9. The SMILES string of the molecule is CC(C)(C)OC(=O)N1CCCC1CN[C@H](CO)c1ccccc1. The van der Waals surface area contributed by atoms with Gasteiger partial charge in [0.15, 0.2) is 0 Å². The van der Waals surface area contributed by atoms with E-state index in [9.17, 15) is 9.90 Å². The van der Waals surface area contributed by atoms with Gasteiger partial charge in [-0.3, -0.25) is 0 Å². The first kappa shape index (κ1) is 17.8. The molecule has 2 N–H and O–H groups in total. The molecule has 1 aliphatic rings. The summed E-state index contributed by atoms with van der Waals surface area (Å²) in [6.45, 7) is 7.06. The van der Waals surface area contributed by atoms with E-state index in [2.05, 4.69) is 5.32 Å². The predicted octanol–water partition coefficient (Wildman–Crippen LogP) is 2.71. The smallest absolute Gasteiger partial charge is 0.410 e. The number of amides is 1. The number of carbonyl (C=O) groups is 1. The van der Waals surface area contributed by atoms with Crippen molar-refractivity contribution in [2.75, 3.05) is 19.7 Å². The standard InChI is InChI=1S/C18H28N2O3/c1-18(2,3)23-17(22)20-11-7-10-15(20)12-19-16(13-21)14-8-5-4-6-9-14/h4-6,8-9,15-16,19,21H,7,10-13H2,1-3H3/t15?,16-/m1/s1. The van der Waals surface area contributed by atoms with Crippen LogP contribution in [0.3, 0.4) is 0 Å². The lowest BCUT2D eigenvalue weighted by atomic mass is 10.1. The van der Waals surface area contributed by atoms with Gasteiger partial charge in [-0.15, -0.1) is 0 Å². The van der Waals surface area contributed by atoms with Gasteiger partial charge in [-0.05, 0) is 39.2 Å². The van der Waals surface area contributed by atoms with E-state index in [-0.39, 0.29) is 24.8 Å². The molecule has 5 nitrogen and oxygen atoms in total. The monoisotopic (exact) mass is 320 g/mol. The van der Waals surface area contributed by atoms with E-state index in [0.29, 0.717) is 6.54 Å². The van der Waals surface area contributed by atoms with E-state index in [1.807, 2.05) is 51.1 Å². The largest absolute Gasteiger partial charge is 0.444 e. The van der Waals surface area contributed by atoms with E-state index in [1.165, 1.54) is 0 Å². The van der Waals surface area contributed by atoms with E-state index in [4.69, 9.17) is 4.74 Å². The van der Waals surface area contributed by atoms with Crippen molar-refractivity contribution in [1.82, 2.24) is 10.2 Å². The maximum atomic E-state index is 12.3. The summed E-state index contributed by atoms with van der Waals surface area (Å²) < 4.78 is 5.48. The van der Waals surface area contributed by atoms with Gasteiger partial charge >= 0.3 is 6.09 Å². The quantitative estimate of drug-likeness (QED) is 0.876. The molecular formula is C18H28N2O3. The lowest BCUT2D eigenvalue weighted by Crippen LogP contribution is -2.45. The van der Waals surface area contributed by atoms with Crippen LogP contribution in [0.1, 0.15) is 45.2 Å². The highest BCUT2D eigenvalue weighted by Gasteiger charge is 2.32. The molecule has 1 aromatic rings. The Bertz CT molecular complexity index is 499. The Morgan fingerprint density at radius 2 is 2.09 bits per heavy atom. The molecule has 0 saturated carbocycles. The van der Waals surface area contributed by atoms with Gasteiger partial charge in [-0.2, -0.15) is 0 Å². The number of aliphatic hydroxyl groups is 1. The van der Waals surface area contributed by atoms with Crippen LogP contribution in [0.4, 0.5) is 4.79 Å². The van der Waals surface area contributed by atoms with Crippen LogP contribution in [-0.4, -0.2) is 47.4 Å². The molecule has 0 aromatic heterocycles. The normalized spacial score (nSPS) is 19.7. The van der Waals surface area contributed by atoms with Crippen molar-refractivity contribution in [2.45, 2.75) is 51.3 Å². The summed E-state index contributed by atoms with van der Waals surface area (Å²) in [4.78, 5) is 14.1. The number of likely N-dealkylation sites (tertiary alicyclic amines) is 1. The van der Waals surface area contributed by atoms with Crippen molar-refractivity contribution in [1.29, 1.82) is 0 Å². The van der Waals surface area contributed by atoms with Gasteiger partial charge in [0, 0.05) is 19.1 Å². The van der Waals surface area contributed by atoms with Crippen LogP contribution >= 0.6 is 0 Å². The van der Waals surface area contributed by atoms with Gasteiger partial charge < -0.3 is 20.1 Å². The Balaban J connectivity index is 1.92.